The molecule has 0 saturated heterocycles. The molecule has 0 aliphatic heterocycles. The zero-order valence-corrected chi connectivity index (χ0v) is 18.8. The topological polar surface area (TPSA) is 105 Å². The van der Waals surface area contributed by atoms with Crippen molar-refractivity contribution >= 4 is 39.8 Å². The smallest absolute Gasteiger partial charge is 0.303 e. The molecular weight excluding hydrogens is 460 g/mol. The van der Waals surface area contributed by atoms with Gasteiger partial charge in [-0.15, -0.1) is 0 Å². The zero-order valence-electron chi connectivity index (χ0n) is 17.3. The number of hydrogen-bond donors (Lipinski definition) is 0. The summed E-state index contributed by atoms with van der Waals surface area (Å²) < 4.78 is 22.5. The maximum atomic E-state index is 11.9. The fraction of sp³-hybridized carbons (Fsp3) is 0.524. The van der Waals surface area contributed by atoms with E-state index in [1.54, 1.807) is 0 Å². The molecule has 1 fully saturated rings. The van der Waals surface area contributed by atoms with Gasteiger partial charge in [0.1, 0.15) is 12.2 Å². The fourth-order valence-electron chi connectivity index (χ4n) is 3.75. The van der Waals surface area contributed by atoms with Crippen LogP contribution in [0.3, 0.4) is 0 Å². The van der Waals surface area contributed by atoms with E-state index in [1.807, 2.05) is 24.3 Å². The Morgan fingerprint density at radius 1 is 0.867 bits per heavy atom. The highest BCUT2D eigenvalue weighted by Gasteiger charge is 2.51. The third kappa shape index (κ3) is 6.55. The lowest BCUT2D eigenvalue weighted by atomic mass is 9.72. The number of benzene rings is 1. The molecule has 1 aliphatic rings. The highest BCUT2D eigenvalue weighted by Crippen LogP contribution is 2.42. The van der Waals surface area contributed by atoms with Crippen LogP contribution in [0.4, 0.5) is 0 Å². The van der Waals surface area contributed by atoms with E-state index < -0.39 is 48.1 Å². The Bertz CT molecular complexity index is 808. The first kappa shape index (κ1) is 23.9. The van der Waals surface area contributed by atoms with Crippen molar-refractivity contribution in [2.75, 3.05) is 6.61 Å². The lowest BCUT2D eigenvalue weighted by molar-refractivity contribution is -0.202. The number of ether oxygens (including phenoxy) is 4. The minimum absolute atomic E-state index is 0.0393. The number of carbonyl (C=O) groups is 4. The van der Waals surface area contributed by atoms with Crippen LogP contribution in [0.15, 0.2) is 28.7 Å². The van der Waals surface area contributed by atoms with Gasteiger partial charge in [-0.25, -0.2) is 0 Å². The molecule has 0 bridgehead atoms. The van der Waals surface area contributed by atoms with Crippen molar-refractivity contribution in [3.8, 4) is 0 Å². The van der Waals surface area contributed by atoms with E-state index in [-0.39, 0.29) is 12.5 Å². The van der Waals surface area contributed by atoms with Crippen LogP contribution in [0.5, 0.6) is 0 Å². The maximum absolute atomic E-state index is 11.9. The monoisotopic (exact) mass is 484 g/mol. The Morgan fingerprint density at radius 2 is 1.43 bits per heavy atom. The molecule has 30 heavy (non-hydrogen) atoms. The van der Waals surface area contributed by atoms with Gasteiger partial charge in [-0.05, 0) is 24.1 Å². The summed E-state index contributed by atoms with van der Waals surface area (Å²) >= 11 is 3.43. The van der Waals surface area contributed by atoms with Gasteiger partial charge in [0.15, 0.2) is 6.10 Å². The fourth-order valence-corrected chi connectivity index (χ4v) is 4.17. The second kappa shape index (κ2) is 10.6. The quantitative estimate of drug-likeness (QED) is 0.448. The molecule has 1 aliphatic carbocycles. The molecule has 164 valence electrons. The molecule has 0 amide bonds. The summed E-state index contributed by atoms with van der Waals surface area (Å²) in [4.78, 5) is 46.9. The number of rotatable bonds is 6. The molecule has 1 aromatic carbocycles. The largest absolute Gasteiger partial charge is 0.465 e. The molecule has 0 aromatic heterocycles. The summed E-state index contributed by atoms with van der Waals surface area (Å²) in [5, 5.41) is 0. The summed E-state index contributed by atoms with van der Waals surface area (Å²) in [5.74, 6) is -3.11. The average molecular weight is 485 g/mol. The predicted octanol–water partition coefficient (Wildman–Crippen LogP) is 2.91. The van der Waals surface area contributed by atoms with Crippen LogP contribution in [0.2, 0.25) is 0 Å². The summed E-state index contributed by atoms with van der Waals surface area (Å²) in [7, 11) is 0. The van der Waals surface area contributed by atoms with Crippen molar-refractivity contribution < 1.29 is 38.1 Å². The molecule has 9 heteroatoms. The van der Waals surface area contributed by atoms with Gasteiger partial charge in [0, 0.05) is 44.0 Å². The van der Waals surface area contributed by atoms with Crippen LogP contribution in [0, 0.1) is 5.92 Å². The van der Waals surface area contributed by atoms with Crippen LogP contribution in [-0.4, -0.2) is 48.8 Å². The molecule has 1 aromatic rings. The van der Waals surface area contributed by atoms with Crippen molar-refractivity contribution in [2.24, 2.45) is 5.92 Å². The van der Waals surface area contributed by atoms with Crippen LogP contribution in [0.25, 0.3) is 0 Å². The standard InChI is InChI=1S/C21H25BrO8/c1-11(23)27-10-16-9-18(15-6-5-7-17(22)8-15)20(29-13(3)25)21(30-14(4)26)19(16)28-12(2)24/h5-8,16,18-21H,9-10H2,1-4H3/t16-,18-,19-,20-,21+/m1/s1. The zero-order chi connectivity index (χ0) is 22.4. The first-order chi connectivity index (χ1) is 14.1. The lowest BCUT2D eigenvalue weighted by Crippen LogP contribution is -2.56. The van der Waals surface area contributed by atoms with Gasteiger partial charge in [-0.2, -0.15) is 0 Å². The van der Waals surface area contributed by atoms with Gasteiger partial charge in [0.25, 0.3) is 0 Å². The summed E-state index contributed by atoms with van der Waals surface area (Å²) in [6.07, 6.45) is -2.53. The van der Waals surface area contributed by atoms with Crippen LogP contribution < -0.4 is 0 Å². The van der Waals surface area contributed by atoms with E-state index in [4.69, 9.17) is 18.9 Å². The number of halogens is 1. The van der Waals surface area contributed by atoms with E-state index in [1.165, 1.54) is 27.7 Å². The Balaban J connectivity index is 2.53. The first-order valence-electron chi connectivity index (χ1n) is 9.49. The summed E-state index contributed by atoms with van der Waals surface area (Å²) in [6.45, 7) is 4.95. The SMILES string of the molecule is CC(=O)OC[C@H]1C[C@H](c2cccc(Br)c2)[C@@H](OC(C)=O)[C@@H](OC(C)=O)[C@@H]1OC(C)=O. The molecule has 0 heterocycles. The van der Waals surface area contributed by atoms with Crippen LogP contribution in [-0.2, 0) is 38.1 Å². The minimum atomic E-state index is -1.06. The molecule has 2 rings (SSSR count). The van der Waals surface area contributed by atoms with E-state index >= 15 is 0 Å². The van der Waals surface area contributed by atoms with Gasteiger partial charge < -0.3 is 18.9 Å². The molecule has 5 atom stereocenters. The normalized spacial score (nSPS) is 25.7. The van der Waals surface area contributed by atoms with Crippen LogP contribution in [0.1, 0.15) is 45.6 Å². The molecule has 0 unspecified atom stereocenters. The summed E-state index contributed by atoms with van der Waals surface area (Å²) in [5.41, 5.74) is 0.835. The number of carbonyl (C=O) groups excluding carboxylic acids is 4. The highest BCUT2D eigenvalue weighted by molar-refractivity contribution is 9.10. The average Bonchev–Trinajstić information content (AvgIpc) is 2.62. The number of esters is 4. The second-order valence-electron chi connectivity index (χ2n) is 7.18. The number of hydrogen-bond acceptors (Lipinski definition) is 8. The van der Waals surface area contributed by atoms with Gasteiger partial charge in [0.2, 0.25) is 0 Å². The van der Waals surface area contributed by atoms with Gasteiger partial charge >= 0.3 is 23.9 Å². The molecule has 0 N–H and O–H groups in total. The Labute approximate surface area is 183 Å². The summed E-state index contributed by atoms with van der Waals surface area (Å²) in [6, 6.07) is 7.44. The third-order valence-corrected chi connectivity index (χ3v) is 5.24. The molecule has 0 radical (unpaired) electrons. The van der Waals surface area contributed by atoms with Gasteiger partial charge in [-0.3, -0.25) is 19.2 Å². The first-order valence-corrected chi connectivity index (χ1v) is 10.3. The van der Waals surface area contributed by atoms with Crippen molar-refractivity contribution in [2.45, 2.75) is 58.3 Å². The molecule has 0 spiro atoms. The molecule has 8 nitrogen and oxygen atoms in total. The molecule has 1 saturated carbocycles. The van der Waals surface area contributed by atoms with Gasteiger partial charge in [-0.1, -0.05) is 28.1 Å². The lowest BCUT2D eigenvalue weighted by Gasteiger charge is -2.44. The van der Waals surface area contributed by atoms with E-state index in [0.29, 0.717) is 6.42 Å². The van der Waals surface area contributed by atoms with E-state index in [9.17, 15) is 19.2 Å². The van der Waals surface area contributed by atoms with E-state index in [2.05, 4.69) is 15.9 Å². The molecular formula is C21H25BrO8. The Kier molecular flexibility index (Phi) is 8.40. The third-order valence-electron chi connectivity index (χ3n) is 4.75. The Morgan fingerprint density at radius 3 is 1.97 bits per heavy atom. The van der Waals surface area contributed by atoms with E-state index in [0.717, 1.165) is 10.0 Å². The van der Waals surface area contributed by atoms with Crippen molar-refractivity contribution in [1.82, 2.24) is 0 Å². The second-order valence-corrected chi connectivity index (χ2v) is 8.10. The predicted molar refractivity (Wildman–Crippen MR) is 108 cm³/mol. The Hall–Kier alpha value is -2.42. The van der Waals surface area contributed by atoms with Crippen LogP contribution >= 0.6 is 15.9 Å². The maximum Gasteiger partial charge on any atom is 0.303 e. The van der Waals surface area contributed by atoms with Crippen molar-refractivity contribution in [1.29, 1.82) is 0 Å². The highest BCUT2D eigenvalue weighted by atomic mass is 79.9. The van der Waals surface area contributed by atoms with Crippen molar-refractivity contribution in [3.63, 3.8) is 0 Å². The van der Waals surface area contributed by atoms with Gasteiger partial charge in [0.05, 0.1) is 6.61 Å². The minimum Gasteiger partial charge on any atom is -0.465 e. The van der Waals surface area contributed by atoms with Crippen molar-refractivity contribution in [3.05, 3.63) is 34.3 Å².